The lowest BCUT2D eigenvalue weighted by Crippen LogP contribution is -2.01. The van der Waals surface area contributed by atoms with Gasteiger partial charge in [0, 0.05) is 28.0 Å². The number of aryl methyl sites for hydroxylation is 3. The predicted molar refractivity (Wildman–Crippen MR) is 214 cm³/mol. The van der Waals surface area contributed by atoms with Gasteiger partial charge in [0.25, 0.3) is 0 Å². The summed E-state index contributed by atoms with van der Waals surface area (Å²) in [7, 11) is 0. The van der Waals surface area contributed by atoms with Crippen molar-refractivity contribution in [3.05, 3.63) is 139 Å². The molecular formula is C46H47N5. The van der Waals surface area contributed by atoms with Gasteiger partial charge in [0.15, 0.2) is 0 Å². The van der Waals surface area contributed by atoms with Crippen molar-refractivity contribution in [2.75, 3.05) is 0 Å². The Balaban J connectivity index is 1.31. The molecule has 0 saturated carbocycles. The van der Waals surface area contributed by atoms with E-state index in [1.807, 2.05) is 12.7 Å². The van der Waals surface area contributed by atoms with Crippen molar-refractivity contribution < 1.29 is 0 Å². The summed E-state index contributed by atoms with van der Waals surface area (Å²) in [6, 6.07) is 40.6. The molecule has 8 aromatic rings. The average Bonchev–Trinajstić information content (AvgIpc) is 3.90. The molecule has 0 aliphatic carbocycles. The van der Waals surface area contributed by atoms with E-state index in [-0.39, 0.29) is 0 Å². The maximum atomic E-state index is 4.91. The SMILES string of the molecule is CCCCc1ccc(-n2c(-c3cc(-n4cnc5cc(CCCC)ccc54)cc(-n4cnc5cc(CCCC)ccc54)c3)cc3ccccc32)cc1. The summed E-state index contributed by atoms with van der Waals surface area (Å²) >= 11 is 0. The molecule has 0 atom stereocenters. The highest BCUT2D eigenvalue weighted by molar-refractivity contribution is 5.90. The third-order valence-corrected chi connectivity index (χ3v) is 10.3. The molecule has 51 heavy (non-hydrogen) atoms. The summed E-state index contributed by atoms with van der Waals surface area (Å²) in [4.78, 5) is 9.82. The molecule has 0 N–H and O–H groups in total. The van der Waals surface area contributed by atoms with Crippen molar-refractivity contribution in [2.24, 2.45) is 0 Å². The fourth-order valence-electron chi connectivity index (χ4n) is 7.46. The summed E-state index contributed by atoms with van der Waals surface area (Å²) in [5.74, 6) is 0. The number of rotatable bonds is 13. The van der Waals surface area contributed by atoms with E-state index in [0.717, 1.165) is 64.0 Å². The number of hydrogen-bond donors (Lipinski definition) is 0. The van der Waals surface area contributed by atoms with Crippen LogP contribution in [0.25, 0.3) is 61.3 Å². The van der Waals surface area contributed by atoms with Crippen molar-refractivity contribution in [3.63, 3.8) is 0 Å². The molecule has 3 heterocycles. The number of benzene rings is 5. The number of para-hydroxylation sites is 1. The first-order valence-electron chi connectivity index (χ1n) is 18.9. The largest absolute Gasteiger partial charge is 0.309 e. The Morgan fingerprint density at radius 1 is 0.471 bits per heavy atom. The van der Waals surface area contributed by atoms with Crippen LogP contribution in [0.3, 0.4) is 0 Å². The number of aromatic nitrogens is 5. The Morgan fingerprint density at radius 2 is 1.00 bits per heavy atom. The Labute approximate surface area is 301 Å². The van der Waals surface area contributed by atoms with Crippen LogP contribution in [0.2, 0.25) is 0 Å². The number of hydrogen-bond acceptors (Lipinski definition) is 2. The summed E-state index contributed by atoms with van der Waals surface area (Å²) in [5, 5.41) is 1.22. The van der Waals surface area contributed by atoms with Gasteiger partial charge in [-0.2, -0.15) is 0 Å². The van der Waals surface area contributed by atoms with Gasteiger partial charge in [-0.05, 0) is 122 Å². The van der Waals surface area contributed by atoms with Crippen molar-refractivity contribution in [1.29, 1.82) is 0 Å². The number of imidazole rings is 2. The van der Waals surface area contributed by atoms with Gasteiger partial charge >= 0.3 is 0 Å². The molecule has 0 fully saturated rings. The van der Waals surface area contributed by atoms with Gasteiger partial charge in [0.2, 0.25) is 0 Å². The lowest BCUT2D eigenvalue weighted by Gasteiger charge is -2.16. The quantitative estimate of drug-likeness (QED) is 0.123. The highest BCUT2D eigenvalue weighted by Crippen LogP contribution is 2.36. The van der Waals surface area contributed by atoms with Crippen molar-refractivity contribution in [3.8, 4) is 28.3 Å². The monoisotopic (exact) mass is 669 g/mol. The molecule has 5 nitrogen and oxygen atoms in total. The number of fused-ring (bicyclic) bond motifs is 3. The van der Waals surface area contributed by atoms with Gasteiger partial charge in [0.1, 0.15) is 12.7 Å². The maximum absolute atomic E-state index is 4.91. The second kappa shape index (κ2) is 14.4. The molecule has 0 aliphatic heterocycles. The molecular weight excluding hydrogens is 623 g/mol. The van der Waals surface area contributed by atoms with Gasteiger partial charge in [-0.3, -0.25) is 9.13 Å². The first-order chi connectivity index (χ1) is 25.1. The highest BCUT2D eigenvalue weighted by Gasteiger charge is 2.17. The smallest absolute Gasteiger partial charge is 0.100 e. The third kappa shape index (κ3) is 6.49. The van der Waals surface area contributed by atoms with Crippen LogP contribution in [0.1, 0.15) is 76.0 Å². The van der Waals surface area contributed by atoms with E-state index in [1.165, 1.54) is 71.8 Å². The maximum Gasteiger partial charge on any atom is 0.100 e. The van der Waals surface area contributed by atoms with Gasteiger partial charge in [-0.25, -0.2) is 9.97 Å². The minimum absolute atomic E-state index is 1.03. The third-order valence-electron chi connectivity index (χ3n) is 10.3. The van der Waals surface area contributed by atoms with Crippen LogP contribution in [0.5, 0.6) is 0 Å². The second-order valence-corrected chi connectivity index (χ2v) is 14.0. The summed E-state index contributed by atoms with van der Waals surface area (Å²) in [5.41, 5.74) is 15.1. The normalized spacial score (nSPS) is 11.7. The molecule has 0 radical (unpaired) electrons. The van der Waals surface area contributed by atoms with Crippen LogP contribution in [-0.4, -0.2) is 23.7 Å². The first-order valence-corrected chi connectivity index (χ1v) is 18.9. The summed E-state index contributed by atoms with van der Waals surface area (Å²) in [6.45, 7) is 6.74. The Kier molecular flexibility index (Phi) is 9.28. The van der Waals surface area contributed by atoms with Crippen LogP contribution in [0, 0.1) is 0 Å². The zero-order chi connectivity index (χ0) is 34.7. The van der Waals surface area contributed by atoms with Gasteiger partial charge < -0.3 is 4.57 Å². The molecule has 8 rings (SSSR count). The standard InChI is InChI=1S/C46H47N5/c1-4-7-12-33-17-21-38(22-18-33)51-43-16-11-10-15-36(43)29-46(51)37-27-39(49-31-47-41-25-34(13-8-5-2)19-23-44(41)49)30-40(28-37)50-32-48-42-26-35(14-9-6-3)20-24-45(42)50/h10-11,15-32H,4-9,12-14H2,1-3H3. The highest BCUT2D eigenvalue weighted by atomic mass is 15.1. The Hall–Kier alpha value is -5.42. The molecule has 256 valence electrons. The topological polar surface area (TPSA) is 40.6 Å². The molecule has 5 heteroatoms. The van der Waals surface area contributed by atoms with Crippen molar-refractivity contribution in [1.82, 2.24) is 23.7 Å². The second-order valence-electron chi connectivity index (χ2n) is 14.0. The predicted octanol–water partition coefficient (Wildman–Crippen LogP) is 12.0. The molecule has 0 saturated heterocycles. The van der Waals surface area contributed by atoms with Crippen molar-refractivity contribution >= 4 is 33.0 Å². The van der Waals surface area contributed by atoms with Crippen molar-refractivity contribution in [2.45, 2.75) is 78.6 Å². The van der Waals surface area contributed by atoms with E-state index >= 15 is 0 Å². The molecule has 0 spiro atoms. The fraction of sp³-hybridized carbons (Fsp3) is 0.261. The van der Waals surface area contributed by atoms with Gasteiger partial charge in [0.05, 0.1) is 33.3 Å². The van der Waals surface area contributed by atoms with E-state index in [9.17, 15) is 0 Å². The van der Waals surface area contributed by atoms with Crippen LogP contribution in [0.4, 0.5) is 0 Å². The Bertz CT molecular complexity index is 2330. The minimum Gasteiger partial charge on any atom is -0.309 e. The van der Waals surface area contributed by atoms with Gasteiger partial charge in [-0.15, -0.1) is 0 Å². The zero-order valence-corrected chi connectivity index (χ0v) is 30.1. The lowest BCUT2D eigenvalue weighted by atomic mass is 10.1. The molecule has 0 aliphatic rings. The van der Waals surface area contributed by atoms with Crippen LogP contribution in [-0.2, 0) is 19.3 Å². The molecule has 0 amide bonds. The fourth-order valence-corrected chi connectivity index (χ4v) is 7.46. The van der Waals surface area contributed by atoms with E-state index in [1.54, 1.807) is 0 Å². The number of nitrogens with zero attached hydrogens (tertiary/aromatic N) is 5. The Morgan fingerprint density at radius 3 is 1.57 bits per heavy atom. The van der Waals surface area contributed by atoms with Crippen LogP contribution >= 0.6 is 0 Å². The van der Waals surface area contributed by atoms with E-state index < -0.39 is 0 Å². The van der Waals surface area contributed by atoms with E-state index in [2.05, 4.69) is 144 Å². The van der Waals surface area contributed by atoms with E-state index in [0.29, 0.717) is 0 Å². The first kappa shape index (κ1) is 32.8. The van der Waals surface area contributed by atoms with Gasteiger partial charge in [-0.1, -0.05) is 82.5 Å². The zero-order valence-electron chi connectivity index (χ0n) is 30.1. The average molecular weight is 670 g/mol. The van der Waals surface area contributed by atoms with Crippen LogP contribution < -0.4 is 0 Å². The number of unbranched alkanes of at least 4 members (excludes halogenated alkanes) is 3. The van der Waals surface area contributed by atoms with Crippen LogP contribution in [0.15, 0.2) is 122 Å². The minimum atomic E-state index is 1.03. The molecule has 3 aromatic heterocycles. The molecule has 5 aromatic carbocycles. The molecule has 0 unspecified atom stereocenters. The molecule has 0 bridgehead atoms. The summed E-state index contributed by atoms with van der Waals surface area (Å²) in [6.07, 6.45) is 14.4. The lowest BCUT2D eigenvalue weighted by molar-refractivity contribution is 0.795. The van der Waals surface area contributed by atoms with E-state index in [4.69, 9.17) is 9.97 Å². The summed E-state index contributed by atoms with van der Waals surface area (Å²) < 4.78 is 6.90.